The molecule has 0 bridgehead atoms. The van der Waals surface area contributed by atoms with Crippen LogP contribution < -0.4 is 5.32 Å². The van der Waals surface area contributed by atoms with Gasteiger partial charge in [0.15, 0.2) is 0 Å². The van der Waals surface area contributed by atoms with Crippen molar-refractivity contribution in [3.8, 4) is 0 Å². The first-order valence-corrected chi connectivity index (χ1v) is 7.54. The molecule has 1 nitrogen and oxygen atoms in total. The summed E-state index contributed by atoms with van der Waals surface area (Å²) in [4.78, 5) is 0. The summed E-state index contributed by atoms with van der Waals surface area (Å²) in [5.74, 6) is 0. The molecule has 0 fully saturated rings. The summed E-state index contributed by atoms with van der Waals surface area (Å²) in [6, 6.07) is 15.7. The molecular formula is C18H25N. The molecule has 2 rings (SSSR count). The lowest BCUT2D eigenvalue weighted by atomic mass is 9.99. The Bertz CT molecular complexity index is 499. The second kappa shape index (κ2) is 7.30. The fraction of sp³-hybridized carbons (Fsp3) is 0.444. The Hall–Kier alpha value is -1.34. The van der Waals surface area contributed by atoms with E-state index in [9.17, 15) is 0 Å². The lowest BCUT2D eigenvalue weighted by molar-refractivity contribution is 0.539. The van der Waals surface area contributed by atoms with Gasteiger partial charge in [-0.2, -0.15) is 0 Å². The summed E-state index contributed by atoms with van der Waals surface area (Å²) in [7, 11) is 0. The summed E-state index contributed by atoms with van der Waals surface area (Å²) in [6.07, 6.45) is 5.28. The molecule has 0 amide bonds. The minimum absolute atomic E-state index is 0.424. The van der Waals surface area contributed by atoms with Crippen molar-refractivity contribution >= 4 is 10.8 Å². The number of fused-ring (bicyclic) bond motifs is 1. The Morgan fingerprint density at radius 1 is 0.947 bits per heavy atom. The van der Waals surface area contributed by atoms with Gasteiger partial charge in [-0.15, -0.1) is 0 Å². The maximum Gasteiger partial charge on any atom is 0.0297 e. The van der Waals surface area contributed by atoms with Crippen molar-refractivity contribution in [2.75, 3.05) is 6.54 Å². The summed E-state index contributed by atoms with van der Waals surface area (Å²) in [6.45, 7) is 5.64. The highest BCUT2D eigenvalue weighted by Crippen LogP contribution is 2.23. The first-order valence-electron chi connectivity index (χ1n) is 7.54. The molecule has 0 aromatic heterocycles. The molecule has 0 spiro atoms. The number of hydrogen-bond donors (Lipinski definition) is 1. The van der Waals surface area contributed by atoms with E-state index in [0.717, 1.165) is 6.54 Å². The third kappa shape index (κ3) is 3.81. The summed E-state index contributed by atoms with van der Waals surface area (Å²) < 4.78 is 0. The summed E-state index contributed by atoms with van der Waals surface area (Å²) in [5.41, 5.74) is 1.41. The smallest absolute Gasteiger partial charge is 0.0297 e. The predicted octanol–water partition coefficient (Wildman–Crippen LogP) is 5.07. The molecule has 102 valence electrons. The third-order valence-electron chi connectivity index (χ3n) is 3.77. The minimum atomic E-state index is 0.424. The number of rotatable bonds is 7. The monoisotopic (exact) mass is 255 g/mol. The van der Waals surface area contributed by atoms with E-state index in [2.05, 4.69) is 61.6 Å². The topological polar surface area (TPSA) is 12.0 Å². The van der Waals surface area contributed by atoms with Gasteiger partial charge < -0.3 is 5.32 Å². The number of unbranched alkanes of at least 4 members (excludes halogenated alkanes) is 3. The van der Waals surface area contributed by atoms with Gasteiger partial charge in [0.2, 0.25) is 0 Å². The summed E-state index contributed by atoms with van der Waals surface area (Å²) in [5, 5.41) is 6.36. The van der Waals surface area contributed by atoms with Gasteiger partial charge in [-0.05, 0) is 36.2 Å². The molecule has 0 aliphatic rings. The van der Waals surface area contributed by atoms with Crippen molar-refractivity contribution < 1.29 is 0 Å². The Morgan fingerprint density at radius 3 is 2.58 bits per heavy atom. The maximum absolute atomic E-state index is 3.65. The molecule has 0 aliphatic carbocycles. The number of nitrogens with one attached hydrogen (secondary N) is 1. The van der Waals surface area contributed by atoms with Crippen molar-refractivity contribution in [2.24, 2.45) is 0 Å². The highest BCUT2D eigenvalue weighted by molar-refractivity contribution is 5.86. The van der Waals surface area contributed by atoms with Gasteiger partial charge >= 0.3 is 0 Å². The first-order chi connectivity index (χ1) is 9.33. The fourth-order valence-corrected chi connectivity index (χ4v) is 2.61. The molecule has 0 saturated heterocycles. The average Bonchev–Trinajstić information content (AvgIpc) is 2.46. The standard InChI is InChI=1S/C18H25N/c1-3-4-5-8-14-19-15(2)17-13-9-11-16-10-6-7-12-18(16)17/h6-7,9-13,15,19H,3-5,8,14H2,1-2H3/t15-/m1/s1. The van der Waals surface area contributed by atoms with E-state index in [1.807, 2.05) is 0 Å². The van der Waals surface area contributed by atoms with Crippen LogP contribution in [0, 0.1) is 0 Å². The lowest BCUT2D eigenvalue weighted by Gasteiger charge is -2.16. The van der Waals surface area contributed by atoms with Crippen LogP contribution in [0.3, 0.4) is 0 Å². The molecule has 0 aliphatic heterocycles. The largest absolute Gasteiger partial charge is 0.310 e. The van der Waals surface area contributed by atoms with Crippen molar-refractivity contribution in [2.45, 2.75) is 45.6 Å². The Morgan fingerprint density at radius 2 is 1.74 bits per heavy atom. The molecule has 1 heteroatoms. The normalized spacial score (nSPS) is 12.7. The van der Waals surface area contributed by atoms with Crippen LogP contribution in [0.25, 0.3) is 10.8 Å². The quantitative estimate of drug-likeness (QED) is 0.681. The van der Waals surface area contributed by atoms with Gasteiger partial charge in [0.25, 0.3) is 0 Å². The zero-order valence-electron chi connectivity index (χ0n) is 12.2. The summed E-state index contributed by atoms with van der Waals surface area (Å²) >= 11 is 0. The second-order valence-corrected chi connectivity index (χ2v) is 5.30. The van der Waals surface area contributed by atoms with Crippen LogP contribution in [0.2, 0.25) is 0 Å². The van der Waals surface area contributed by atoms with Crippen LogP contribution in [-0.2, 0) is 0 Å². The van der Waals surface area contributed by atoms with Crippen LogP contribution in [0.1, 0.15) is 51.1 Å². The number of hydrogen-bond acceptors (Lipinski definition) is 1. The molecule has 0 radical (unpaired) electrons. The Kier molecular flexibility index (Phi) is 5.41. The van der Waals surface area contributed by atoms with E-state index >= 15 is 0 Å². The van der Waals surface area contributed by atoms with Crippen molar-refractivity contribution in [3.63, 3.8) is 0 Å². The van der Waals surface area contributed by atoms with E-state index in [1.165, 1.54) is 42.0 Å². The molecule has 2 aromatic rings. The van der Waals surface area contributed by atoms with Crippen LogP contribution >= 0.6 is 0 Å². The van der Waals surface area contributed by atoms with Gasteiger partial charge in [0, 0.05) is 6.04 Å². The molecule has 0 heterocycles. The second-order valence-electron chi connectivity index (χ2n) is 5.30. The molecular weight excluding hydrogens is 230 g/mol. The van der Waals surface area contributed by atoms with Crippen LogP contribution in [0.15, 0.2) is 42.5 Å². The van der Waals surface area contributed by atoms with E-state index < -0.39 is 0 Å². The van der Waals surface area contributed by atoms with Gasteiger partial charge in [-0.3, -0.25) is 0 Å². The van der Waals surface area contributed by atoms with Crippen LogP contribution in [0.4, 0.5) is 0 Å². The first kappa shape index (κ1) is 14.1. The van der Waals surface area contributed by atoms with E-state index in [1.54, 1.807) is 0 Å². The van der Waals surface area contributed by atoms with E-state index in [0.29, 0.717) is 6.04 Å². The van der Waals surface area contributed by atoms with Crippen LogP contribution in [-0.4, -0.2) is 6.54 Å². The van der Waals surface area contributed by atoms with Gasteiger partial charge in [-0.25, -0.2) is 0 Å². The fourth-order valence-electron chi connectivity index (χ4n) is 2.61. The molecule has 1 atom stereocenters. The zero-order valence-corrected chi connectivity index (χ0v) is 12.2. The third-order valence-corrected chi connectivity index (χ3v) is 3.77. The van der Waals surface area contributed by atoms with Gasteiger partial charge in [0.05, 0.1) is 0 Å². The van der Waals surface area contributed by atoms with E-state index in [-0.39, 0.29) is 0 Å². The van der Waals surface area contributed by atoms with Gasteiger partial charge in [-0.1, -0.05) is 68.7 Å². The molecule has 2 aromatic carbocycles. The highest BCUT2D eigenvalue weighted by atomic mass is 14.9. The SMILES string of the molecule is CCCCCCN[C@H](C)c1cccc2ccccc12. The Labute approximate surface area is 117 Å². The lowest BCUT2D eigenvalue weighted by Crippen LogP contribution is -2.20. The molecule has 0 saturated carbocycles. The van der Waals surface area contributed by atoms with Crippen LogP contribution in [0.5, 0.6) is 0 Å². The predicted molar refractivity (Wildman–Crippen MR) is 84.5 cm³/mol. The van der Waals surface area contributed by atoms with E-state index in [4.69, 9.17) is 0 Å². The minimum Gasteiger partial charge on any atom is -0.310 e. The maximum atomic E-state index is 3.65. The Balaban J connectivity index is 1.99. The molecule has 19 heavy (non-hydrogen) atoms. The van der Waals surface area contributed by atoms with Gasteiger partial charge in [0.1, 0.15) is 0 Å². The zero-order chi connectivity index (χ0) is 13.5. The molecule has 1 N–H and O–H groups in total. The molecule has 0 unspecified atom stereocenters. The highest BCUT2D eigenvalue weighted by Gasteiger charge is 2.07. The average molecular weight is 255 g/mol. The number of benzene rings is 2. The van der Waals surface area contributed by atoms with Crippen molar-refractivity contribution in [3.05, 3.63) is 48.0 Å². The van der Waals surface area contributed by atoms with Crippen molar-refractivity contribution in [1.29, 1.82) is 0 Å². The van der Waals surface area contributed by atoms with Crippen molar-refractivity contribution in [1.82, 2.24) is 5.32 Å².